The number of alkyl halides is 3. The van der Waals surface area contributed by atoms with Gasteiger partial charge in [0.25, 0.3) is 0 Å². The van der Waals surface area contributed by atoms with Crippen LogP contribution in [0.4, 0.5) is 18.3 Å². The van der Waals surface area contributed by atoms with E-state index in [1.54, 1.807) is 48.5 Å². The van der Waals surface area contributed by atoms with Gasteiger partial charge in [0, 0.05) is 0 Å². The average molecular weight is 407 g/mol. The number of benzene rings is 2. The number of hydrazone groups is 1. The molecule has 0 atom stereocenters. The predicted molar refractivity (Wildman–Crippen MR) is 103 cm³/mol. The van der Waals surface area contributed by atoms with Crippen molar-refractivity contribution in [2.75, 3.05) is 19.6 Å². The van der Waals surface area contributed by atoms with Crippen LogP contribution >= 0.6 is 11.3 Å². The lowest BCUT2D eigenvalue weighted by Crippen LogP contribution is -2.07. The Morgan fingerprint density at radius 2 is 1.75 bits per heavy atom. The van der Waals surface area contributed by atoms with E-state index in [-0.39, 0.29) is 10.0 Å². The van der Waals surface area contributed by atoms with Crippen molar-refractivity contribution < 1.29 is 22.6 Å². The van der Waals surface area contributed by atoms with E-state index in [1.807, 2.05) is 0 Å². The lowest BCUT2D eigenvalue weighted by Gasteiger charge is -2.07. The Hall–Kier alpha value is -3.07. The van der Waals surface area contributed by atoms with Crippen molar-refractivity contribution in [1.82, 2.24) is 4.98 Å². The molecule has 1 N–H and O–H groups in total. The van der Waals surface area contributed by atoms with Crippen LogP contribution < -0.4 is 14.9 Å². The van der Waals surface area contributed by atoms with Crippen LogP contribution in [0.5, 0.6) is 11.5 Å². The summed E-state index contributed by atoms with van der Waals surface area (Å²) < 4.78 is 50.4. The fourth-order valence-electron chi connectivity index (χ4n) is 2.44. The van der Waals surface area contributed by atoms with Crippen LogP contribution in [0.25, 0.3) is 10.4 Å². The van der Waals surface area contributed by atoms with Crippen LogP contribution in [0, 0.1) is 0 Å². The number of halogens is 3. The minimum atomic E-state index is -4.56. The van der Waals surface area contributed by atoms with E-state index in [0.29, 0.717) is 22.6 Å². The summed E-state index contributed by atoms with van der Waals surface area (Å²) in [7, 11) is 3.04. The van der Waals surface area contributed by atoms with Crippen LogP contribution in [-0.4, -0.2) is 25.4 Å². The molecular weight excluding hydrogens is 391 g/mol. The Morgan fingerprint density at radius 1 is 1.04 bits per heavy atom. The van der Waals surface area contributed by atoms with E-state index < -0.39 is 11.9 Å². The molecule has 0 unspecified atom stereocenters. The molecule has 0 aliphatic heterocycles. The molecule has 0 radical (unpaired) electrons. The van der Waals surface area contributed by atoms with Crippen molar-refractivity contribution in [1.29, 1.82) is 0 Å². The Morgan fingerprint density at radius 3 is 2.39 bits per heavy atom. The SMILES string of the molecule is COc1ccc(/C=N/Nc2nc(C(F)(F)F)c(-c3ccccc3)s2)cc1OC. The summed E-state index contributed by atoms with van der Waals surface area (Å²) in [5.41, 5.74) is 2.76. The highest BCUT2D eigenvalue weighted by atomic mass is 32.1. The van der Waals surface area contributed by atoms with Crippen molar-refractivity contribution in [2.45, 2.75) is 6.18 Å². The van der Waals surface area contributed by atoms with E-state index in [0.717, 1.165) is 11.3 Å². The van der Waals surface area contributed by atoms with Crippen LogP contribution in [0.1, 0.15) is 11.3 Å². The monoisotopic (exact) mass is 407 g/mol. The van der Waals surface area contributed by atoms with Crippen LogP contribution in [0.3, 0.4) is 0 Å². The topological polar surface area (TPSA) is 55.7 Å². The third-order valence-corrected chi connectivity index (χ3v) is 4.72. The Labute approximate surface area is 163 Å². The number of nitrogens with one attached hydrogen (secondary N) is 1. The summed E-state index contributed by atoms with van der Waals surface area (Å²) in [5.74, 6) is 1.08. The Kier molecular flexibility index (Phi) is 5.84. The van der Waals surface area contributed by atoms with Gasteiger partial charge in [0.1, 0.15) is 0 Å². The molecular formula is C19H16F3N3O2S. The van der Waals surface area contributed by atoms with Crippen molar-refractivity contribution >= 4 is 22.7 Å². The molecule has 0 aliphatic carbocycles. The molecule has 0 aliphatic rings. The fourth-order valence-corrected chi connectivity index (χ4v) is 3.38. The van der Waals surface area contributed by atoms with Gasteiger partial charge >= 0.3 is 6.18 Å². The van der Waals surface area contributed by atoms with Crippen LogP contribution in [-0.2, 0) is 6.18 Å². The second-order valence-corrected chi connectivity index (χ2v) is 6.54. The molecule has 3 rings (SSSR count). The minimum absolute atomic E-state index is 0.0388. The highest BCUT2D eigenvalue weighted by Gasteiger charge is 2.38. The molecule has 0 bridgehead atoms. The summed E-state index contributed by atoms with van der Waals surface area (Å²) >= 11 is 0.888. The van der Waals surface area contributed by atoms with Gasteiger partial charge in [-0.15, -0.1) is 0 Å². The molecule has 2 aromatic carbocycles. The number of thiazole rings is 1. The standard InChI is InChI=1S/C19H16F3N3O2S/c1-26-14-9-8-12(10-15(14)27-2)11-23-25-18-24-17(19(20,21)22)16(28-18)13-6-4-3-5-7-13/h3-11H,1-2H3,(H,24,25)/b23-11+. The van der Waals surface area contributed by atoms with E-state index in [2.05, 4.69) is 15.5 Å². The van der Waals surface area contributed by atoms with Crippen molar-refractivity contribution in [3.05, 3.63) is 59.8 Å². The zero-order valence-corrected chi connectivity index (χ0v) is 15.8. The third-order valence-electron chi connectivity index (χ3n) is 3.71. The summed E-state index contributed by atoms with van der Waals surface area (Å²) in [4.78, 5) is 3.71. The van der Waals surface area contributed by atoms with Crippen molar-refractivity contribution in [3.8, 4) is 21.9 Å². The summed E-state index contributed by atoms with van der Waals surface area (Å²) in [6.07, 6.45) is -3.10. The third kappa shape index (κ3) is 4.42. The molecule has 1 aromatic heterocycles. The van der Waals surface area contributed by atoms with Gasteiger partial charge in [0.05, 0.1) is 25.3 Å². The smallest absolute Gasteiger partial charge is 0.434 e. The average Bonchev–Trinajstić information content (AvgIpc) is 3.13. The van der Waals surface area contributed by atoms with Gasteiger partial charge in [-0.3, -0.25) is 5.43 Å². The van der Waals surface area contributed by atoms with Gasteiger partial charge in [-0.05, 0) is 29.3 Å². The first-order chi connectivity index (χ1) is 13.4. The number of anilines is 1. The maximum absolute atomic E-state index is 13.3. The molecule has 0 saturated heterocycles. The highest BCUT2D eigenvalue weighted by Crippen LogP contribution is 2.41. The number of hydrogen-bond donors (Lipinski definition) is 1. The number of rotatable bonds is 6. The number of aromatic nitrogens is 1. The summed E-state index contributed by atoms with van der Waals surface area (Å²) in [6.45, 7) is 0. The zero-order valence-electron chi connectivity index (χ0n) is 14.9. The van der Waals surface area contributed by atoms with Crippen LogP contribution in [0.15, 0.2) is 53.6 Å². The van der Waals surface area contributed by atoms with Crippen molar-refractivity contribution in [2.24, 2.45) is 5.10 Å². The van der Waals surface area contributed by atoms with Gasteiger partial charge in [-0.25, -0.2) is 4.98 Å². The maximum Gasteiger partial charge on any atom is 0.434 e. The molecule has 0 amide bonds. The molecule has 0 spiro atoms. The molecule has 0 saturated carbocycles. The first kappa shape index (κ1) is 19.7. The second kappa shape index (κ2) is 8.30. The summed E-state index contributed by atoms with van der Waals surface area (Å²) in [5, 5.41) is 4.03. The molecule has 1 heterocycles. The van der Waals surface area contributed by atoms with E-state index in [9.17, 15) is 13.2 Å². The molecule has 146 valence electrons. The van der Waals surface area contributed by atoms with E-state index >= 15 is 0 Å². The van der Waals surface area contributed by atoms with Gasteiger partial charge in [-0.1, -0.05) is 41.7 Å². The number of hydrogen-bond acceptors (Lipinski definition) is 6. The normalized spacial score (nSPS) is 11.6. The number of ether oxygens (including phenoxy) is 2. The molecule has 0 fully saturated rings. The van der Waals surface area contributed by atoms with E-state index in [4.69, 9.17) is 9.47 Å². The van der Waals surface area contributed by atoms with Gasteiger partial charge in [0.2, 0.25) is 5.13 Å². The first-order valence-corrected chi connectivity index (χ1v) is 8.88. The molecule has 28 heavy (non-hydrogen) atoms. The lowest BCUT2D eigenvalue weighted by atomic mass is 10.1. The first-order valence-electron chi connectivity index (χ1n) is 8.07. The Bertz CT molecular complexity index is 972. The van der Waals surface area contributed by atoms with Gasteiger partial charge in [0.15, 0.2) is 17.2 Å². The Balaban J connectivity index is 1.83. The fraction of sp³-hybridized carbons (Fsp3) is 0.158. The second-order valence-electron chi connectivity index (χ2n) is 5.54. The van der Waals surface area contributed by atoms with Crippen molar-refractivity contribution in [3.63, 3.8) is 0 Å². The molecule has 3 aromatic rings. The molecule has 9 heteroatoms. The number of nitrogens with zero attached hydrogens (tertiary/aromatic N) is 2. The van der Waals surface area contributed by atoms with E-state index in [1.165, 1.54) is 20.4 Å². The summed E-state index contributed by atoms with van der Waals surface area (Å²) in [6, 6.07) is 13.5. The largest absolute Gasteiger partial charge is 0.493 e. The van der Waals surface area contributed by atoms with Gasteiger partial charge in [-0.2, -0.15) is 18.3 Å². The highest BCUT2D eigenvalue weighted by molar-refractivity contribution is 7.19. The zero-order chi connectivity index (χ0) is 20.1. The number of methoxy groups -OCH3 is 2. The molecule has 5 nitrogen and oxygen atoms in total. The maximum atomic E-state index is 13.3. The lowest BCUT2D eigenvalue weighted by molar-refractivity contribution is -0.140. The minimum Gasteiger partial charge on any atom is -0.493 e. The quantitative estimate of drug-likeness (QED) is 0.446. The van der Waals surface area contributed by atoms with Gasteiger partial charge < -0.3 is 9.47 Å². The predicted octanol–water partition coefficient (Wildman–Crippen LogP) is 5.29. The van der Waals surface area contributed by atoms with Crippen LogP contribution in [0.2, 0.25) is 0 Å².